The third-order valence-electron chi connectivity index (χ3n) is 3.48. The predicted octanol–water partition coefficient (Wildman–Crippen LogP) is 5.00. The Morgan fingerprint density at radius 1 is 1.13 bits per heavy atom. The van der Waals surface area contributed by atoms with Gasteiger partial charge in [-0.15, -0.1) is 0 Å². The van der Waals surface area contributed by atoms with E-state index in [0.29, 0.717) is 19.3 Å². The van der Waals surface area contributed by atoms with Gasteiger partial charge >= 0.3 is 6.18 Å². The minimum absolute atomic E-state index is 0.110. The third kappa shape index (κ3) is 5.00. The first-order valence-corrected chi connectivity index (χ1v) is 7.28. The largest absolute Gasteiger partial charge is 0.409 e. The summed E-state index contributed by atoms with van der Waals surface area (Å²) in [5.74, 6) is -1.95. The van der Waals surface area contributed by atoms with E-state index in [9.17, 15) is 22.0 Å². The molecule has 7 heteroatoms. The van der Waals surface area contributed by atoms with Crippen molar-refractivity contribution in [3.8, 4) is 0 Å². The lowest BCUT2D eigenvalue weighted by molar-refractivity contribution is -0.206. The summed E-state index contributed by atoms with van der Waals surface area (Å²) >= 11 is 0. The van der Waals surface area contributed by atoms with Gasteiger partial charge in [-0.3, -0.25) is 0 Å². The second-order valence-electron chi connectivity index (χ2n) is 5.43. The number of hydrogen-bond acceptors (Lipinski definition) is 2. The molecular weight excluding hydrogens is 319 g/mol. The molecule has 1 heterocycles. The van der Waals surface area contributed by atoms with Crippen LogP contribution in [0.4, 0.5) is 22.0 Å². The highest BCUT2D eigenvalue weighted by Crippen LogP contribution is 2.30. The summed E-state index contributed by atoms with van der Waals surface area (Å²) in [7, 11) is 0. The molecule has 0 amide bonds. The molecule has 0 unspecified atom stereocenters. The van der Waals surface area contributed by atoms with Crippen LogP contribution in [0.1, 0.15) is 37.2 Å². The Morgan fingerprint density at radius 2 is 1.70 bits per heavy atom. The maximum Gasteiger partial charge on any atom is 0.409 e. The Balaban J connectivity index is 2.13. The molecule has 0 radical (unpaired) electrons. The molecule has 1 aliphatic rings. The molecule has 1 aliphatic heterocycles. The quantitative estimate of drug-likeness (QED) is 0.720. The van der Waals surface area contributed by atoms with Gasteiger partial charge in [0.2, 0.25) is 0 Å². The van der Waals surface area contributed by atoms with E-state index in [0.717, 1.165) is 25.0 Å². The SMILES string of the molecule is CCCC1COC(c2cc(F)c(/C=C/C(F)(F)F)c(F)c2)OC1. The van der Waals surface area contributed by atoms with Crippen molar-refractivity contribution in [1.29, 1.82) is 0 Å². The first kappa shape index (κ1) is 17.9. The number of ether oxygens (including phenoxy) is 2. The van der Waals surface area contributed by atoms with Crippen molar-refractivity contribution in [3.05, 3.63) is 41.0 Å². The zero-order chi connectivity index (χ0) is 17.0. The molecule has 0 atom stereocenters. The number of rotatable bonds is 4. The van der Waals surface area contributed by atoms with Crippen molar-refractivity contribution in [2.75, 3.05) is 13.2 Å². The lowest BCUT2D eigenvalue weighted by Crippen LogP contribution is -2.27. The van der Waals surface area contributed by atoms with E-state index >= 15 is 0 Å². The van der Waals surface area contributed by atoms with Gasteiger partial charge in [-0.25, -0.2) is 8.78 Å². The standard InChI is InChI=1S/C16H17F5O2/c1-2-3-10-8-22-15(23-9-10)11-6-13(17)12(14(18)7-11)4-5-16(19,20)21/h4-7,10,15H,2-3,8-9H2,1H3/b5-4+. The third-order valence-corrected chi connectivity index (χ3v) is 3.48. The molecule has 1 saturated heterocycles. The monoisotopic (exact) mass is 336 g/mol. The van der Waals surface area contributed by atoms with Gasteiger partial charge in [0.25, 0.3) is 0 Å². The van der Waals surface area contributed by atoms with Crippen molar-refractivity contribution in [3.63, 3.8) is 0 Å². The minimum Gasteiger partial charge on any atom is -0.348 e. The molecule has 1 aromatic rings. The molecule has 23 heavy (non-hydrogen) atoms. The van der Waals surface area contributed by atoms with Gasteiger partial charge in [0.15, 0.2) is 6.29 Å². The summed E-state index contributed by atoms with van der Waals surface area (Å²) in [6.45, 7) is 2.86. The van der Waals surface area contributed by atoms with Crippen LogP contribution in [-0.2, 0) is 9.47 Å². The maximum atomic E-state index is 13.9. The Labute approximate surface area is 130 Å². The number of benzene rings is 1. The molecule has 0 spiro atoms. The van der Waals surface area contributed by atoms with E-state index in [1.807, 2.05) is 6.92 Å². The summed E-state index contributed by atoms with van der Waals surface area (Å²) in [5, 5.41) is 0. The van der Waals surface area contributed by atoms with Gasteiger partial charge in [0.05, 0.1) is 13.2 Å². The molecule has 128 valence electrons. The number of hydrogen-bond donors (Lipinski definition) is 0. The zero-order valence-corrected chi connectivity index (χ0v) is 12.5. The fourth-order valence-electron chi connectivity index (χ4n) is 2.39. The van der Waals surface area contributed by atoms with Crippen molar-refractivity contribution in [2.24, 2.45) is 5.92 Å². The van der Waals surface area contributed by atoms with Gasteiger partial charge in [-0.2, -0.15) is 13.2 Å². The van der Waals surface area contributed by atoms with Crippen LogP contribution < -0.4 is 0 Å². The molecule has 1 fully saturated rings. The van der Waals surface area contributed by atoms with Crippen LogP contribution in [0.5, 0.6) is 0 Å². The Bertz CT molecular complexity index is 537. The number of halogens is 5. The van der Waals surface area contributed by atoms with E-state index in [4.69, 9.17) is 9.47 Å². The van der Waals surface area contributed by atoms with Crippen molar-refractivity contribution < 1.29 is 31.4 Å². The molecule has 0 saturated carbocycles. The zero-order valence-electron chi connectivity index (χ0n) is 12.5. The average Bonchev–Trinajstić information content (AvgIpc) is 2.46. The Hall–Kier alpha value is -1.47. The summed E-state index contributed by atoms with van der Waals surface area (Å²) in [4.78, 5) is 0. The van der Waals surface area contributed by atoms with Crippen molar-refractivity contribution in [2.45, 2.75) is 32.2 Å². The molecule has 0 bridgehead atoms. The molecule has 0 aliphatic carbocycles. The summed E-state index contributed by atoms with van der Waals surface area (Å²) in [6, 6.07) is 1.87. The lowest BCUT2D eigenvalue weighted by Gasteiger charge is -2.29. The van der Waals surface area contributed by atoms with Crippen LogP contribution in [0.3, 0.4) is 0 Å². The lowest BCUT2D eigenvalue weighted by atomic mass is 10.0. The smallest absolute Gasteiger partial charge is 0.348 e. The van der Waals surface area contributed by atoms with Crippen LogP contribution in [-0.4, -0.2) is 19.4 Å². The fourth-order valence-corrected chi connectivity index (χ4v) is 2.39. The summed E-state index contributed by atoms with van der Waals surface area (Å²) in [5.41, 5.74) is -0.634. The van der Waals surface area contributed by atoms with Gasteiger partial charge in [0.1, 0.15) is 11.6 Å². The van der Waals surface area contributed by atoms with Crippen molar-refractivity contribution >= 4 is 6.08 Å². The molecule has 2 rings (SSSR count). The second kappa shape index (κ2) is 7.40. The predicted molar refractivity (Wildman–Crippen MR) is 74.5 cm³/mol. The van der Waals surface area contributed by atoms with Gasteiger partial charge in [-0.1, -0.05) is 13.3 Å². The van der Waals surface area contributed by atoms with Crippen LogP contribution in [0.2, 0.25) is 0 Å². The van der Waals surface area contributed by atoms with Gasteiger partial charge < -0.3 is 9.47 Å². The highest BCUT2D eigenvalue weighted by Gasteiger charge is 2.26. The average molecular weight is 336 g/mol. The van der Waals surface area contributed by atoms with E-state index < -0.39 is 29.7 Å². The van der Waals surface area contributed by atoms with Crippen molar-refractivity contribution in [1.82, 2.24) is 0 Å². The first-order chi connectivity index (χ1) is 10.8. The van der Waals surface area contributed by atoms with E-state index in [1.54, 1.807) is 0 Å². The Kier molecular flexibility index (Phi) is 5.75. The van der Waals surface area contributed by atoms with E-state index in [2.05, 4.69) is 0 Å². The molecule has 1 aromatic carbocycles. The molecular formula is C16H17F5O2. The van der Waals surface area contributed by atoms with E-state index in [1.165, 1.54) is 0 Å². The highest BCUT2D eigenvalue weighted by molar-refractivity contribution is 5.52. The maximum absolute atomic E-state index is 13.9. The van der Waals surface area contributed by atoms with Crippen LogP contribution in [0.25, 0.3) is 6.08 Å². The van der Waals surface area contributed by atoms with Gasteiger partial charge in [0, 0.05) is 23.1 Å². The molecule has 0 N–H and O–H groups in total. The normalized spacial score (nSPS) is 22.7. The Morgan fingerprint density at radius 3 is 2.17 bits per heavy atom. The van der Waals surface area contributed by atoms with E-state index in [-0.39, 0.29) is 17.6 Å². The number of alkyl halides is 3. The number of allylic oxidation sites excluding steroid dienone is 1. The highest BCUT2D eigenvalue weighted by atomic mass is 19.4. The minimum atomic E-state index is -4.64. The fraction of sp³-hybridized carbons (Fsp3) is 0.500. The summed E-state index contributed by atoms with van der Waals surface area (Å²) in [6.07, 6.45) is -3.48. The topological polar surface area (TPSA) is 18.5 Å². The summed E-state index contributed by atoms with van der Waals surface area (Å²) < 4.78 is 74.9. The molecule has 0 aromatic heterocycles. The van der Waals surface area contributed by atoms with Gasteiger partial charge in [-0.05, 0) is 24.6 Å². The first-order valence-electron chi connectivity index (χ1n) is 7.28. The van der Waals surface area contributed by atoms with Crippen LogP contribution >= 0.6 is 0 Å². The second-order valence-corrected chi connectivity index (χ2v) is 5.43. The molecule has 2 nitrogen and oxygen atoms in total. The van der Waals surface area contributed by atoms with Crippen LogP contribution in [0, 0.1) is 17.6 Å². The van der Waals surface area contributed by atoms with Crippen LogP contribution in [0.15, 0.2) is 18.2 Å².